The van der Waals surface area contributed by atoms with Gasteiger partial charge in [-0.2, -0.15) is 74.6 Å². The molecule has 0 aromatic heterocycles. The van der Waals surface area contributed by atoms with Crippen molar-refractivity contribution in [1.29, 1.82) is 0 Å². The van der Waals surface area contributed by atoms with Gasteiger partial charge in [-0.15, -0.1) is 0 Å². The highest BCUT2D eigenvalue weighted by atomic mass is 19.4. The van der Waals surface area contributed by atoms with Crippen LogP contribution < -0.4 is 0 Å². The zero-order chi connectivity index (χ0) is 29.5. The molecule has 1 rings (SSSR count). The Balaban J connectivity index is 3.52. The Morgan fingerprint density at radius 1 is 0.595 bits per heavy atom. The van der Waals surface area contributed by atoms with Crippen molar-refractivity contribution in [3.8, 4) is 0 Å². The molecule has 0 aliphatic rings. The maximum Gasteiger partial charge on any atom is 0.462 e. The summed E-state index contributed by atoms with van der Waals surface area (Å²) in [6, 6.07) is 5.40. The van der Waals surface area contributed by atoms with Crippen molar-refractivity contribution in [2.45, 2.75) is 55.0 Å². The summed E-state index contributed by atoms with van der Waals surface area (Å²) >= 11 is 0. The molecule has 0 saturated carbocycles. The first-order valence-corrected chi connectivity index (χ1v) is 8.49. The lowest BCUT2D eigenvalue weighted by Gasteiger charge is -2.39. The average molecular weight is 586 g/mol. The van der Waals surface area contributed by atoms with Crippen molar-refractivity contribution >= 4 is 5.97 Å². The van der Waals surface area contributed by atoms with Crippen molar-refractivity contribution in [3.05, 3.63) is 35.9 Å². The van der Waals surface area contributed by atoms with Gasteiger partial charge in [0.2, 0.25) is 0 Å². The monoisotopic (exact) mass is 586 g/mol. The number of alkyl halides is 17. The highest BCUT2D eigenvalue weighted by Gasteiger charge is 2.85. The summed E-state index contributed by atoms with van der Waals surface area (Å²) in [6.45, 7) is -1.44. The quantitative estimate of drug-likeness (QED) is 0.242. The van der Waals surface area contributed by atoms with Crippen molar-refractivity contribution in [3.63, 3.8) is 0 Å². The van der Waals surface area contributed by atoms with Crippen LogP contribution in [0.3, 0.4) is 0 Å². The Bertz CT molecular complexity index is 939. The Labute approximate surface area is 191 Å². The zero-order valence-electron chi connectivity index (χ0n) is 16.7. The van der Waals surface area contributed by atoms with Crippen LogP contribution in [-0.2, 0) is 25.6 Å². The van der Waals surface area contributed by atoms with Crippen LogP contribution in [0.25, 0.3) is 0 Å². The Kier molecular flexibility index (Phi) is 8.44. The van der Waals surface area contributed by atoms with Crippen LogP contribution in [0.2, 0.25) is 0 Å². The van der Waals surface area contributed by atoms with Crippen molar-refractivity contribution in [1.82, 2.24) is 0 Å². The average Bonchev–Trinajstić information content (AvgIpc) is 2.69. The third kappa shape index (κ3) is 6.12. The van der Waals surface area contributed by atoms with Gasteiger partial charge in [-0.05, 0) is 5.56 Å². The largest absolute Gasteiger partial charge is 0.462 e. The first-order valence-electron chi connectivity index (χ1n) is 8.49. The lowest BCUT2D eigenvalue weighted by atomic mass is 10.2. The molecule has 2 atom stereocenters. The van der Waals surface area contributed by atoms with E-state index >= 15 is 0 Å². The number of carbonyl (C=O) groups excluding carboxylic acids is 1. The highest BCUT2D eigenvalue weighted by molar-refractivity contribution is 5.78. The van der Waals surface area contributed by atoms with Gasteiger partial charge in [0.25, 0.3) is 0 Å². The summed E-state index contributed by atoms with van der Waals surface area (Å²) in [4.78, 5) is 11.5. The topological polar surface area (TPSA) is 44.8 Å². The minimum absolute atomic E-state index is 0.320. The summed E-state index contributed by atoms with van der Waals surface area (Å²) in [5.41, 5.74) is -0.320. The zero-order valence-corrected chi connectivity index (χ0v) is 16.7. The van der Waals surface area contributed by atoms with Gasteiger partial charge in [0.1, 0.15) is 6.61 Å². The van der Waals surface area contributed by atoms with E-state index in [0.717, 1.165) is 24.3 Å². The van der Waals surface area contributed by atoms with Crippen molar-refractivity contribution < 1.29 is 93.6 Å². The van der Waals surface area contributed by atoms with Crippen LogP contribution in [0, 0.1) is 0 Å². The number of benzene rings is 1. The number of carbonyl (C=O) groups is 1. The van der Waals surface area contributed by atoms with E-state index in [1.165, 1.54) is 10.8 Å². The van der Waals surface area contributed by atoms with Gasteiger partial charge in [-0.1, -0.05) is 30.3 Å². The van der Waals surface area contributed by atoms with Gasteiger partial charge in [0.05, 0.1) is 0 Å². The second-order valence-electron chi connectivity index (χ2n) is 6.56. The molecule has 214 valence electrons. The molecule has 0 radical (unpaired) electrons. The summed E-state index contributed by atoms with van der Waals surface area (Å²) < 4.78 is 228. The minimum atomic E-state index is -8.07. The van der Waals surface area contributed by atoms with E-state index in [1.807, 2.05) is 4.74 Å². The summed E-state index contributed by atoms with van der Waals surface area (Å²) in [6.07, 6.45) is -38.6. The molecule has 0 fully saturated rings. The molecule has 0 spiro atoms. The van der Waals surface area contributed by atoms with Crippen LogP contribution in [0.15, 0.2) is 30.3 Å². The number of hydrogen-bond acceptors (Lipinski definition) is 4. The molecule has 0 bridgehead atoms. The van der Waals surface area contributed by atoms with Crippen molar-refractivity contribution in [2.24, 2.45) is 0 Å². The fourth-order valence-corrected chi connectivity index (χ4v) is 1.96. The molecule has 0 heterocycles. The molecule has 21 heteroatoms. The number of ether oxygens (including phenoxy) is 3. The molecule has 2 unspecified atom stereocenters. The van der Waals surface area contributed by atoms with E-state index in [2.05, 4.69) is 4.74 Å². The number of esters is 1. The lowest BCUT2D eigenvalue weighted by molar-refractivity contribution is -0.548. The van der Waals surface area contributed by atoms with Crippen LogP contribution in [0.1, 0.15) is 5.56 Å². The van der Waals surface area contributed by atoms with Crippen LogP contribution in [0.5, 0.6) is 0 Å². The third-order valence-corrected chi connectivity index (χ3v) is 3.84. The third-order valence-electron chi connectivity index (χ3n) is 3.84. The van der Waals surface area contributed by atoms with Crippen molar-refractivity contribution in [2.75, 3.05) is 0 Å². The van der Waals surface area contributed by atoms with E-state index in [9.17, 15) is 79.4 Å². The van der Waals surface area contributed by atoms with Gasteiger partial charge >= 0.3 is 54.3 Å². The van der Waals surface area contributed by atoms with E-state index < -0.39 is 61.0 Å². The summed E-state index contributed by atoms with van der Waals surface area (Å²) in [7, 11) is 0. The Hall–Kier alpha value is -2.58. The fourth-order valence-electron chi connectivity index (χ4n) is 1.96. The molecular weight excluding hydrogens is 579 g/mol. The first kappa shape index (κ1) is 32.4. The molecule has 4 nitrogen and oxygen atoms in total. The molecule has 0 N–H and O–H groups in total. The molecule has 0 amide bonds. The molecule has 1 aromatic rings. The molecule has 1 aromatic carbocycles. The van der Waals surface area contributed by atoms with Gasteiger partial charge in [-0.25, -0.2) is 4.79 Å². The Morgan fingerprint density at radius 2 is 1.05 bits per heavy atom. The van der Waals surface area contributed by atoms with Crippen LogP contribution in [0.4, 0.5) is 74.6 Å². The van der Waals surface area contributed by atoms with Gasteiger partial charge in [-0.3, -0.25) is 9.47 Å². The van der Waals surface area contributed by atoms with Crippen LogP contribution in [-0.4, -0.2) is 54.3 Å². The molecule has 37 heavy (non-hydrogen) atoms. The van der Waals surface area contributed by atoms with Gasteiger partial charge in [0.15, 0.2) is 0 Å². The summed E-state index contributed by atoms with van der Waals surface area (Å²) in [5, 5.41) is 0. The number of rotatable bonds is 9. The predicted octanol–water partition coefficient (Wildman–Crippen LogP) is 6.60. The second kappa shape index (κ2) is 9.62. The fraction of sp³-hybridized carbons (Fsp3) is 0.562. The highest BCUT2D eigenvalue weighted by Crippen LogP contribution is 2.56. The number of hydrogen-bond donors (Lipinski definition) is 0. The molecule has 0 saturated heterocycles. The maximum atomic E-state index is 14.3. The molecular formula is C16H7F17O4. The first-order chi connectivity index (χ1) is 16.2. The SMILES string of the molecule is O=C(OCc1ccccc1)C(F)(OC(F)(F)C(F)(OC(F)(F)C(F)(F)C(F)(F)F)C(F)(F)F)C(F)(F)F. The van der Waals surface area contributed by atoms with Gasteiger partial charge < -0.3 is 4.74 Å². The Morgan fingerprint density at radius 3 is 1.43 bits per heavy atom. The van der Waals surface area contributed by atoms with E-state index in [1.54, 1.807) is 0 Å². The van der Waals surface area contributed by atoms with E-state index in [4.69, 9.17) is 0 Å². The normalized spacial score (nSPS) is 17.6. The summed E-state index contributed by atoms with van der Waals surface area (Å²) in [5.74, 6) is -26.5. The minimum Gasteiger partial charge on any atom is -0.456 e. The molecule has 0 aliphatic carbocycles. The van der Waals surface area contributed by atoms with E-state index in [-0.39, 0.29) is 5.56 Å². The maximum absolute atomic E-state index is 14.3. The second-order valence-corrected chi connectivity index (χ2v) is 6.56. The van der Waals surface area contributed by atoms with Gasteiger partial charge in [0, 0.05) is 0 Å². The smallest absolute Gasteiger partial charge is 0.456 e. The molecule has 0 aliphatic heterocycles. The lowest BCUT2D eigenvalue weighted by Crippen LogP contribution is -2.68. The predicted molar refractivity (Wildman–Crippen MR) is 79.1 cm³/mol. The van der Waals surface area contributed by atoms with E-state index in [0.29, 0.717) is 0 Å². The number of halogens is 17. The van der Waals surface area contributed by atoms with Crippen LogP contribution >= 0.6 is 0 Å². The standard InChI is InChI=1S/C16H7F17O4/c17-9(12(21,22)23,8(34)35-6-7-4-2-1-3-5-7)36-16(32,33)11(20,14(27,28)29)37-15(30,31)10(18,19)13(24,25)26/h1-5H,6H2.